The van der Waals surface area contributed by atoms with E-state index in [1.807, 2.05) is 40.0 Å². The minimum absolute atomic E-state index is 0.486. The summed E-state index contributed by atoms with van der Waals surface area (Å²) in [6, 6.07) is 8.05. The summed E-state index contributed by atoms with van der Waals surface area (Å²) < 4.78 is 30.2. The lowest BCUT2D eigenvalue weighted by atomic mass is 10.2. The van der Waals surface area contributed by atoms with E-state index in [0.717, 1.165) is 24.8 Å². The molecule has 0 aliphatic carbocycles. The number of sulfonamides is 1. The van der Waals surface area contributed by atoms with Gasteiger partial charge in [0.25, 0.3) is 0 Å². The number of benzene rings is 1. The molecule has 0 amide bonds. The fraction of sp³-hybridized carbons (Fsp3) is 0.632. The fourth-order valence-electron chi connectivity index (χ4n) is 2.67. The second kappa shape index (κ2) is 11.8. The number of hydrogen-bond donors (Lipinski definition) is 1. The molecule has 0 saturated heterocycles. The molecule has 0 heterocycles. The molecule has 0 spiro atoms. The molecule has 0 bridgehead atoms. The van der Waals surface area contributed by atoms with Crippen LogP contribution in [0.25, 0.3) is 0 Å². The number of ether oxygens (including phenoxy) is 1. The Kier molecular flexibility index (Phi) is 10.2. The van der Waals surface area contributed by atoms with E-state index < -0.39 is 10.0 Å². The predicted octanol–water partition coefficient (Wildman–Crippen LogP) is 2.15. The van der Waals surface area contributed by atoms with Crippen LogP contribution in [0.5, 0.6) is 5.75 Å². The van der Waals surface area contributed by atoms with Gasteiger partial charge in [-0.1, -0.05) is 19.1 Å². The summed E-state index contributed by atoms with van der Waals surface area (Å²) >= 11 is 0. The highest BCUT2D eigenvalue weighted by molar-refractivity contribution is 7.88. The lowest BCUT2D eigenvalue weighted by Gasteiger charge is -2.22. The van der Waals surface area contributed by atoms with Crippen LogP contribution >= 0.6 is 0 Å². The van der Waals surface area contributed by atoms with Gasteiger partial charge >= 0.3 is 0 Å². The Morgan fingerprint density at radius 3 is 2.37 bits per heavy atom. The summed E-state index contributed by atoms with van der Waals surface area (Å²) in [5.41, 5.74) is 1.17. The van der Waals surface area contributed by atoms with Crippen molar-refractivity contribution in [1.82, 2.24) is 14.5 Å². The van der Waals surface area contributed by atoms with E-state index >= 15 is 0 Å². The second-order valence-corrected chi connectivity index (χ2v) is 8.26. The molecule has 0 aliphatic heterocycles. The van der Waals surface area contributed by atoms with Crippen LogP contribution < -0.4 is 10.1 Å². The van der Waals surface area contributed by atoms with E-state index in [1.54, 1.807) is 0 Å². The predicted molar refractivity (Wildman–Crippen MR) is 112 cm³/mol. The SMILES string of the molecule is CCNC(=NCCCN(CC)S(C)(=O)=O)N(C)Cc1ccc(OCC)cc1. The number of rotatable bonds is 11. The van der Waals surface area contributed by atoms with Gasteiger partial charge in [-0.25, -0.2) is 12.7 Å². The molecular formula is C19H34N4O3S. The van der Waals surface area contributed by atoms with Crippen molar-refractivity contribution in [2.45, 2.75) is 33.7 Å². The monoisotopic (exact) mass is 398 g/mol. The van der Waals surface area contributed by atoms with Crippen LogP contribution in [0.3, 0.4) is 0 Å². The van der Waals surface area contributed by atoms with Crippen LogP contribution in [0.2, 0.25) is 0 Å². The maximum atomic E-state index is 11.6. The first-order valence-corrected chi connectivity index (χ1v) is 11.3. The number of nitrogens with one attached hydrogen (secondary N) is 1. The first-order valence-electron chi connectivity index (χ1n) is 9.48. The lowest BCUT2D eigenvalue weighted by molar-refractivity contribution is 0.340. The van der Waals surface area contributed by atoms with Crippen molar-refractivity contribution in [1.29, 1.82) is 0 Å². The molecular weight excluding hydrogens is 364 g/mol. The molecule has 0 aromatic heterocycles. The molecule has 27 heavy (non-hydrogen) atoms. The average Bonchev–Trinajstić information content (AvgIpc) is 2.61. The first kappa shape index (κ1) is 23.2. The van der Waals surface area contributed by atoms with Crippen molar-refractivity contribution in [3.05, 3.63) is 29.8 Å². The van der Waals surface area contributed by atoms with Gasteiger partial charge in [0, 0.05) is 39.8 Å². The van der Waals surface area contributed by atoms with E-state index in [4.69, 9.17) is 4.74 Å². The first-order chi connectivity index (χ1) is 12.8. The van der Waals surface area contributed by atoms with Gasteiger partial charge in [0.05, 0.1) is 12.9 Å². The van der Waals surface area contributed by atoms with Gasteiger partial charge in [-0.15, -0.1) is 0 Å². The van der Waals surface area contributed by atoms with Crippen LogP contribution in [0.4, 0.5) is 0 Å². The summed E-state index contributed by atoms with van der Waals surface area (Å²) in [5.74, 6) is 1.68. The molecule has 0 fully saturated rings. The summed E-state index contributed by atoms with van der Waals surface area (Å²) in [6.07, 6.45) is 1.93. The highest BCUT2D eigenvalue weighted by Crippen LogP contribution is 2.13. The number of nitrogens with zero attached hydrogens (tertiary/aromatic N) is 3. The van der Waals surface area contributed by atoms with Crippen LogP contribution in [0.15, 0.2) is 29.3 Å². The normalized spacial score (nSPS) is 12.3. The zero-order chi connectivity index (χ0) is 20.3. The van der Waals surface area contributed by atoms with Gasteiger partial charge in [0.1, 0.15) is 5.75 Å². The van der Waals surface area contributed by atoms with Gasteiger partial charge in [-0.3, -0.25) is 4.99 Å². The maximum Gasteiger partial charge on any atom is 0.211 e. The Labute approximate surface area is 164 Å². The lowest BCUT2D eigenvalue weighted by Crippen LogP contribution is -2.38. The van der Waals surface area contributed by atoms with E-state index in [2.05, 4.69) is 27.3 Å². The zero-order valence-electron chi connectivity index (χ0n) is 17.2. The third kappa shape index (κ3) is 8.62. The second-order valence-electron chi connectivity index (χ2n) is 6.28. The molecule has 0 radical (unpaired) electrons. The molecule has 1 aromatic rings. The molecule has 1 aromatic carbocycles. The Morgan fingerprint density at radius 1 is 1.19 bits per heavy atom. The molecule has 154 valence electrons. The highest BCUT2D eigenvalue weighted by atomic mass is 32.2. The van der Waals surface area contributed by atoms with Gasteiger partial charge in [0.2, 0.25) is 10.0 Å². The molecule has 0 saturated carbocycles. The minimum Gasteiger partial charge on any atom is -0.494 e. The molecule has 0 unspecified atom stereocenters. The standard InChI is InChI=1S/C19H34N4O3S/c1-6-20-19(21-14-9-15-23(7-2)27(5,24)25)22(4)16-17-10-12-18(13-11-17)26-8-3/h10-13H,6-9,14-16H2,1-5H3,(H,20,21). The van der Waals surface area contributed by atoms with E-state index in [1.165, 1.54) is 16.1 Å². The van der Waals surface area contributed by atoms with Crippen LogP contribution in [-0.4, -0.2) is 69.7 Å². The largest absolute Gasteiger partial charge is 0.494 e. The fourth-order valence-corrected chi connectivity index (χ4v) is 3.60. The topological polar surface area (TPSA) is 74.2 Å². The van der Waals surface area contributed by atoms with E-state index in [9.17, 15) is 8.42 Å². The number of guanidine groups is 1. The number of aliphatic imine (C=N–C) groups is 1. The number of hydrogen-bond acceptors (Lipinski definition) is 4. The van der Waals surface area contributed by atoms with Crippen LogP contribution in [0.1, 0.15) is 32.8 Å². The van der Waals surface area contributed by atoms with Crippen molar-refractivity contribution in [3.8, 4) is 5.75 Å². The zero-order valence-corrected chi connectivity index (χ0v) is 18.1. The van der Waals surface area contributed by atoms with E-state index in [-0.39, 0.29) is 0 Å². The van der Waals surface area contributed by atoms with Crippen molar-refractivity contribution in [3.63, 3.8) is 0 Å². The summed E-state index contributed by atoms with van der Waals surface area (Å²) in [6.45, 7) is 9.55. The average molecular weight is 399 g/mol. The Morgan fingerprint density at radius 2 is 1.85 bits per heavy atom. The van der Waals surface area contributed by atoms with Crippen molar-refractivity contribution < 1.29 is 13.2 Å². The smallest absolute Gasteiger partial charge is 0.211 e. The van der Waals surface area contributed by atoms with Crippen LogP contribution in [0, 0.1) is 0 Å². The van der Waals surface area contributed by atoms with Crippen LogP contribution in [-0.2, 0) is 16.6 Å². The quantitative estimate of drug-likeness (QED) is 0.351. The van der Waals surface area contributed by atoms with E-state index in [0.29, 0.717) is 32.7 Å². The van der Waals surface area contributed by atoms with Crippen molar-refractivity contribution >= 4 is 16.0 Å². The third-order valence-electron chi connectivity index (χ3n) is 4.00. The Bertz CT molecular complexity index is 675. The highest BCUT2D eigenvalue weighted by Gasteiger charge is 2.13. The molecule has 1 N–H and O–H groups in total. The van der Waals surface area contributed by atoms with Crippen molar-refractivity contribution in [2.24, 2.45) is 4.99 Å². The molecule has 0 atom stereocenters. The maximum absolute atomic E-state index is 11.6. The van der Waals surface area contributed by atoms with Crippen molar-refractivity contribution in [2.75, 3.05) is 46.1 Å². The molecule has 1 rings (SSSR count). The molecule has 0 aliphatic rings. The van der Waals surface area contributed by atoms with Gasteiger partial charge in [-0.2, -0.15) is 0 Å². The molecule has 8 heteroatoms. The Hall–Kier alpha value is -1.80. The third-order valence-corrected chi connectivity index (χ3v) is 5.38. The summed E-state index contributed by atoms with van der Waals surface area (Å²) in [4.78, 5) is 6.69. The summed E-state index contributed by atoms with van der Waals surface area (Å²) in [7, 11) is -1.15. The van der Waals surface area contributed by atoms with Gasteiger partial charge in [-0.05, 0) is 38.0 Å². The Balaban J connectivity index is 2.63. The van der Waals surface area contributed by atoms with Gasteiger partial charge < -0.3 is 15.0 Å². The minimum atomic E-state index is -3.14. The van der Waals surface area contributed by atoms with Gasteiger partial charge in [0.15, 0.2) is 5.96 Å². The summed E-state index contributed by atoms with van der Waals surface area (Å²) in [5, 5.41) is 3.29. The molecule has 7 nitrogen and oxygen atoms in total.